The normalized spacial score (nSPS) is 16.8. The van der Waals surface area contributed by atoms with Crippen molar-refractivity contribution in [2.75, 3.05) is 9.96 Å². The van der Waals surface area contributed by atoms with E-state index >= 15 is 0 Å². The lowest BCUT2D eigenvalue weighted by Gasteiger charge is -2.27. The lowest BCUT2D eigenvalue weighted by molar-refractivity contribution is 0.164. The Labute approximate surface area is 146 Å². The summed E-state index contributed by atoms with van der Waals surface area (Å²) in [5, 5.41) is 1.66. The predicted octanol–water partition coefficient (Wildman–Crippen LogP) is 5.07. The van der Waals surface area contributed by atoms with Crippen LogP contribution in [0.15, 0.2) is 84.9 Å². The molecule has 0 bridgehead atoms. The van der Waals surface area contributed by atoms with Crippen LogP contribution in [0.2, 0.25) is 0 Å². The molecule has 3 aromatic rings. The van der Waals surface area contributed by atoms with Crippen molar-refractivity contribution in [1.29, 1.82) is 0 Å². The number of nitrogens with zero attached hydrogens (tertiary/aromatic N) is 2. The number of carbonyl (C=O) groups is 1. The molecule has 0 aromatic heterocycles. The van der Waals surface area contributed by atoms with E-state index in [0.717, 1.165) is 22.5 Å². The average Bonchev–Trinajstić information content (AvgIpc) is 3.01. The fourth-order valence-electron chi connectivity index (χ4n) is 3.01. The first-order valence-electron chi connectivity index (χ1n) is 8.21. The highest BCUT2D eigenvalue weighted by Crippen LogP contribution is 2.39. The van der Waals surface area contributed by atoms with Gasteiger partial charge in [0.1, 0.15) is 0 Å². The summed E-state index contributed by atoms with van der Waals surface area (Å²) in [5.74, 6) is 0. The highest BCUT2D eigenvalue weighted by atomic mass is 16.7. The van der Waals surface area contributed by atoms with Gasteiger partial charge in [-0.3, -0.25) is 0 Å². The summed E-state index contributed by atoms with van der Waals surface area (Å²) in [7, 11) is 0. The first-order valence-corrected chi connectivity index (χ1v) is 8.21. The Bertz CT molecular complexity index is 863. The van der Waals surface area contributed by atoms with E-state index in [1.54, 1.807) is 9.96 Å². The second kappa shape index (κ2) is 6.32. The van der Waals surface area contributed by atoms with Crippen LogP contribution in [0.4, 0.5) is 16.2 Å². The van der Waals surface area contributed by atoms with Crippen molar-refractivity contribution >= 4 is 17.5 Å². The van der Waals surface area contributed by atoms with Gasteiger partial charge >= 0.3 is 6.09 Å². The van der Waals surface area contributed by atoms with Crippen LogP contribution < -0.4 is 9.96 Å². The second-order valence-corrected chi connectivity index (χ2v) is 6.01. The highest BCUT2D eigenvalue weighted by Gasteiger charge is 2.42. The van der Waals surface area contributed by atoms with Gasteiger partial charge in [-0.2, -0.15) is 5.06 Å². The number of hydroxylamine groups is 1. The zero-order valence-corrected chi connectivity index (χ0v) is 13.9. The van der Waals surface area contributed by atoms with Crippen LogP contribution in [-0.2, 0) is 4.84 Å². The summed E-state index contributed by atoms with van der Waals surface area (Å²) < 4.78 is 0. The van der Waals surface area contributed by atoms with Crippen molar-refractivity contribution in [3.63, 3.8) is 0 Å². The Morgan fingerprint density at radius 1 is 0.760 bits per heavy atom. The van der Waals surface area contributed by atoms with Gasteiger partial charge in [0.25, 0.3) is 0 Å². The Kier molecular flexibility index (Phi) is 3.86. The third-order valence-electron chi connectivity index (χ3n) is 4.26. The Morgan fingerprint density at radius 2 is 1.36 bits per heavy atom. The van der Waals surface area contributed by atoms with Crippen molar-refractivity contribution in [1.82, 2.24) is 0 Å². The van der Waals surface area contributed by atoms with Crippen LogP contribution in [0, 0.1) is 6.92 Å². The number of hydrogen-bond donors (Lipinski definition) is 0. The maximum Gasteiger partial charge on any atom is 0.440 e. The Balaban J connectivity index is 1.82. The number of hydrogen-bond acceptors (Lipinski definition) is 3. The van der Waals surface area contributed by atoms with E-state index in [1.165, 1.54) is 0 Å². The molecule has 3 aromatic carbocycles. The number of rotatable bonds is 3. The molecule has 0 saturated carbocycles. The van der Waals surface area contributed by atoms with Gasteiger partial charge in [-0.05, 0) is 36.8 Å². The molecule has 4 nitrogen and oxygen atoms in total. The van der Waals surface area contributed by atoms with Gasteiger partial charge in [0.05, 0.1) is 5.69 Å². The van der Waals surface area contributed by atoms with E-state index in [1.807, 2.05) is 91.9 Å². The number of amides is 1. The average molecular weight is 330 g/mol. The molecular weight excluding hydrogens is 312 g/mol. The molecule has 0 radical (unpaired) electrons. The van der Waals surface area contributed by atoms with Crippen molar-refractivity contribution in [3.8, 4) is 0 Å². The number of benzene rings is 3. The van der Waals surface area contributed by atoms with E-state index in [0.29, 0.717) is 0 Å². The van der Waals surface area contributed by atoms with Gasteiger partial charge in [-0.15, -0.1) is 0 Å². The molecule has 25 heavy (non-hydrogen) atoms. The van der Waals surface area contributed by atoms with Crippen molar-refractivity contribution in [3.05, 3.63) is 96.1 Å². The van der Waals surface area contributed by atoms with Crippen LogP contribution >= 0.6 is 0 Å². The van der Waals surface area contributed by atoms with Gasteiger partial charge in [-0.1, -0.05) is 66.2 Å². The lowest BCUT2D eigenvalue weighted by Crippen LogP contribution is -2.31. The molecule has 1 heterocycles. The Hall–Kier alpha value is -3.27. The molecule has 1 saturated heterocycles. The predicted molar refractivity (Wildman–Crippen MR) is 98.2 cm³/mol. The second-order valence-electron chi connectivity index (χ2n) is 6.01. The minimum absolute atomic E-state index is 0.362. The molecule has 1 aliphatic heterocycles. The van der Waals surface area contributed by atoms with Gasteiger partial charge in [0, 0.05) is 5.69 Å². The van der Waals surface area contributed by atoms with Gasteiger partial charge in [-0.25, -0.2) is 9.69 Å². The molecule has 1 amide bonds. The molecule has 0 aliphatic carbocycles. The maximum absolute atomic E-state index is 12.7. The molecule has 1 atom stereocenters. The number of aryl methyl sites for hydroxylation is 1. The number of anilines is 2. The van der Waals surface area contributed by atoms with E-state index in [-0.39, 0.29) is 12.3 Å². The first kappa shape index (κ1) is 15.3. The minimum atomic E-state index is -0.387. The molecule has 0 N–H and O–H groups in total. The third-order valence-corrected chi connectivity index (χ3v) is 4.26. The summed E-state index contributed by atoms with van der Waals surface area (Å²) in [4.78, 5) is 20.0. The van der Waals surface area contributed by atoms with Crippen molar-refractivity contribution < 1.29 is 9.63 Å². The van der Waals surface area contributed by atoms with Crippen LogP contribution in [-0.4, -0.2) is 6.09 Å². The standard InChI is InChI=1S/C21H18N2O2/c1-16-12-14-18(15-13-16)22-20(17-8-4-2-5-9-17)23(25-21(22)24)19-10-6-3-7-11-19/h2-15,20H,1H3/t20-/m0/s1. The summed E-state index contributed by atoms with van der Waals surface area (Å²) in [6.07, 6.45) is -0.750. The minimum Gasteiger partial charge on any atom is -0.319 e. The summed E-state index contributed by atoms with van der Waals surface area (Å²) >= 11 is 0. The topological polar surface area (TPSA) is 32.8 Å². The van der Waals surface area contributed by atoms with Gasteiger partial charge in [0.15, 0.2) is 6.17 Å². The summed E-state index contributed by atoms with van der Waals surface area (Å²) in [6, 6.07) is 27.5. The summed E-state index contributed by atoms with van der Waals surface area (Å²) in [6.45, 7) is 2.02. The number of para-hydroxylation sites is 1. The third kappa shape index (κ3) is 2.83. The molecule has 124 valence electrons. The lowest BCUT2D eigenvalue weighted by atomic mass is 10.1. The SMILES string of the molecule is Cc1ccc(N2C(=O)ON(c3ccccc3)[C@H]2c2ccccc2)cc1. The first-order chi connectivity index (χ1) is 12.2. The van der Waals surface area contributed by atoms with Crippen molar-refractivity contribution in [2.45, 2.75) is 13.1 Å². The zero-order chi connectivity index (χ0) is 17.2. The highest BCUT2D eigenvalue weighted by molar-refractivity contribution is 5.92. The quantitative estimate of drug-likeness (QED) is 0.672. The Morgan fingerprint density at radius 3 is 2.00 bits per heavy atom. The molecule has 4 rings (SSSR count). The van der Waals surface area contributed by atoms with Crippen LogP contribution in [0.1, 0.15) is 17.3 Å². The molecule has 0 unspecified atom stereocenters. The maximum atomic E-state index is 12.7. The van der Waals surface area contributed by atoms with Crippen LogP contribution in [0.25, 0.3) is 0 Å². The fourth-order valence-corrected chi connectivity index (χ4v) is 3.01. The van der Waals surface area contributed by atoms with Gasteiger partial charge in [0.2, 0.25) is 0 Å². The van der Waals surface area contributed by atoms with E-state index in [4.69, 9.17) is 4.84 Å². The van der Waals surface area contributed by atoms with E-state index in [9.17, 15) is 4.79 Å². The van der Waals surface area contributed by atoms with Gasteiger partial charge < -0.3 is 4.84 Å². The molecule has 0 spiro atoms. The van der Waals surface area contributed by atoms with Crippen molar-refractivity contribution in [2.24, 2.45) is 0 Å². The van der Waals surface area contributed by atoms with Crippen LogP contribution in [0.3, 0.4) is 0 Å². The molecule has 4 heteroatoms. The molecule has 1 fully saturated rings. The summed E-state index contributed by atoms with van der Waals surface area (Å²) in [5.41, 5.74) is 3.77. The zero-order valence-electron chi connectivity index (χ0n) is 13.9. The monoisotopic (exact) mass is 330 g/mol. The van der Waals surface area contributed by atoms with Crippen LogP contribution in [0.5, 0.6) is 0 Å². The largest absolute Gasteiger partial charge is 0.440 e. The molecule has 1 aliphatic rings. The smallest absolute Gasteiger partial charge is 0.319 e. The van der Waals surface area contributed by atoms with E-state index in [2.05, 4.69) is 0 Å². The molecular formula is C21H18N2O2. The number of carbonyl (C=O) groups excluding carboxylic acids is 1. The van der Waals surface area contributed by atoms with E-state index < -0.39 is 0 Å². The fraction of sp³-hybridized carbons (Fsp3) is 0.0952.